The van der Waals surface area contributed by atoms with Gasteiger partial charge in [0.15, 0.2) is 0 Å². The smallest absolute Gasteiger partial charge is 0.0596 e. The highest BCUT2D eigenvalue weighted by Crippen LogP contribution is 1.90. The Balaban J connectivity index is 3.21. The van der Waals surface area contributed by atoms with Gasteiger partial charge in [0.05, 0.1) is 12.7 Å². The molecule has 0 spiro atoms. The number of likely N-dealkylation sites (N-methyl/N-ethyl adjacent to an activating group) is 1. The first-order valence-electron chi connectivity index (χ1n) is 4.54. The third-order valence-corrected chi connectivity index (χ3v) is 1.75. The standard InChI is InChI=1S/C9H21NO/c1-5-10(6-2)7-8-11-9(3)4/h9H,5-8H2,1-4H3. The summed E-state index contributed by atoms with van der Waals surface area (Å²) in [5.74, 6) is 0. The molecule has 68 valence electrons. The summed E-state index contributed by atoms with van der Waals surface area (Å²) in [6, 6.07) is 0. The van der Waals surface area contributed by atoms with Crippen LogP contribution in [0.25, 0.3) is 0 Å². The summed E-state index contributed by atoms with van der Waals surface area (Å²) >= 11 is 0. The van der Waals surface area contributed by atoms with E-state index in [2.05, 4.69) is 32.6 Å². The molecule has 11 heavy (non-hydrogen) atoms. The fraction of sp³-hybridized carbons (Fsp3) is 1.00. The summed E-state index contributed by atoms with van der Waals surface area (Å²) in [5.41, 5.74) is 0. The predicted molar refractivity (Wildman–Crippen MR) is 48.9 cm³/mol. The number of ether oxygens (including phenoxy) is 1. The number of rotatable bonds is 6. The van der Waals surface area contributed by atoms with E-state index < -0.39 is 0 Å². The summed E-state index contributed by atoms with van der Waals surface area (Å²) in [7, 11) is 0. The largest absolute Gasteiger partial charge is 0.377 e. The van der Waals surface area contributed by atoms with Crippen molar-refractivity contribution < 1.29 is 4.74 Å². The summed E-state index contributed by atoms with van der Waals surface area (Å²) in [4.78, 5) is 2.36. The Kier molecular flexibility index (Phi) is 6.57. The van der Waals surface area contributed by atoms with E-state index in [1.807, 2.05) is 0 Å². The Morgan fingerprint density at radius 2 is 1.73 bits per heavy atom. The second-order valence-corrected chi connectivity index (χ2v) is 2.95. The summed E-state index contributed by atoms with van der Waals surface area (Å²) in [6.45, 7) is 12.7. The van der Waals surface area contributed by atoms with Gasteiger partial charge in [0.2, 0.25) is 0 Å². The van der Waals surface area contributed by atoms with E-state index in [-0.39, 0.29) is 0 Å². The van der Waals surface area contributed by atoms with Crippen molar-refractivity contribution in [2.75, 3.05) is 26.2 Å². The van der Waals surface area contributed by atoms with Crippen molar-refractivity contribution in [3.05, 3.63) is 0 Å². The van der Waals surface area contributed by atoms with Gasteiger partial charge in [0.1, 0.15) is 0 Å². The normalized spacial score (nSPS) is 11.5. The first-order valence-corrected chi connectivity index (χ1v) is 4.54. The van der Waals surface area contributed by atoms with Crippen molar-refractivity contribution in [2.24, 2.45) is 0 Å². The molecule has 0 aliphatic heterocycles. The van der Waals surface area contributed by atoms with Crippen molar-refractivity contribution in [3.8, 4) is 0 Å². The lowest BCUT2D eigenvalue weighted by Gasteiger charge is -2.18. The highest BCUT2D eigenvalue weighted by molar-refractivity contribution is 4.50. The van der Waals surface area contributed by atoms with Crippen molar-refractivity contribution >= 4 is 0 Å². The van der Waals surface area contributed by atoms with E-state index in [1.165, 1.54) is 0 Å². The zero-order valence-electron chi connectivity index (χ0n) is 8.26. The van der Waals surface area contributed by atoms with Gasteiger partial charge in [-0.05, 0) is 26.9 Å². The quantitative estimate of drug-likeness (QED) is 0.585. The molecule has 0 aliphatic carbocycles. The predicted octanol–water partition coefficient (Wildman–Crippen LogP) is 1.75. The van der Waals surface area contributed by atoms with Crippen LogP contribution < -0.4 is 0 Å². The van der Waals surface area contributed by atoms with Crippen LogP contribution in [0.15, 0.2) is 0 Å². The van der Waals surface area contributed by atoms with Crippen molar-refractivity contribution in [3.63, 3.8) is 0 Å². The first kappa shape index (κ1) is 10.9. The van der Waals surface area contributed by atoms with Crippen molar-refractivity contribution in [1.29, 1.82) is 0 Å². The van der Waals surface area contributed by atoms with E-state index in [0.717, 1.165) is 26.2 Å². The number of hydrogen-bond donors (Lipinski definition) is 0. The topological polar surface area (TPSA) is 12.5 Å². The second kappa shape index (κ2) is 6.62. The summed E-state index contributed by atoms with van der Waals surface area (Å²) in [6.07, 6.45) is 0.366. The fourth-order valence-corrected chi connectivity index (χ4v) is 0.957. The maximum Gasteiger partial charge on any atom is 0.0596 e. The molecule has 0 atom stereocenters. The van der Waals surface area contributed by atoms with Crippen LogP contribution in [0.2, 0.25) is 0 Å². The molecular formula is C9H21NO. The van der Waals surface area contributed by atoms with E-state index in [1.54, 1.807) is 0 Å². The van der Waals surface area contributed by atoms with E-state index in [4.69, 9.17) is 4.74 Å². The van der Waals surface area contributed by atoms with Gasteiger partial charge in [0, 0.05) is 6.54 Å². The van der Waals surface area contributed by atoms with Gasteiger partial charge >= 0.3 is 0 Å². The van der Waals surface area contributed by atoms with Gasteiger partial charge in [-0.2, -0.15) is 0 Å². The van der Waals surface area contributed by atoms with Crippen LogP contribution in [0.4, 0.5) is 0 Å². The average Bonchev–Trinajstić information content (AvgIpc) is 1.98. The molecule has 0 unspecified atom stereocenters. The molecule has 0 heterocycles. The molecule has 0 fully saturated rings. The van der Waals surface area contributed by atoms with Gasteiger partial charge in [-0.3, -0.25) is 0 Å². The lowest BCUT2D eigenvalue weighted by Crippen LogP contribution is -2.27. The molecule has 0 rings (SSSR count). The third-order valence-electron chi connectivity index (χ3n) is 1.75. The zero-order chi connectivity index (χ0) is 8.69. The van der Waals surface area contributed by atoms with Crippen LogP contribution >= 0.6 is 0 Å². The van der Waals surface area contributed by atoms with Crippen LogP contribution in [0.1, 0.15) is 27.7 Å². The Morgan fingerprint density at radius 1 is 1.18 bits per heavy atom. The van der Waals surface area contributed by atoms with Gasteiger partial charge in [-0.1, -0.05) is 13.8 Å². The molecule has 0 radical (unpaired) electrons. The van der Waals surface area contributed by atoms with Gasteiger partial charge < -0.3 is 9.64 Å². The SMILES string of the molecule is CCN(CC)CCOC(C)C. The van der Waals surface area contributed by atoms with Gasteiger partial charge in [-0.25, -0.2) is 0 Å². The first-order chi connectivity index (χ1) is 5.20. The minimum Gasteiger partial charge on any atom is -0.377 e. The van der Waals surface area contributed by atoms with Crippen LogP contribution in [-0.4, -0.2) is 37.2 Å². The molecule has 0 aliphatic rings. The Hall–Kier alpha value is -0.0800. The molecule has 0 bridgehead atoms. The maximum atomic E-state index is 5.43. The molecule has 0 aromatic rings. The number of hydrogen-bond acceptors (Lipinski definition) is 2. The highest BCUT2D eigenvalue weighted by Gasteiger charge is 1.98. The van der Waals surface area contributed by atoms with Crippen molar-refractivity contribution in [1.82, 2.24) is 4.90 Å². The second-order valence-electron chi connectivity index (χ2n) is 2.95. The van der Waals surface area contributed by atoms with Crippen LogP contribution in [-0.2, 0) is 4.74 Å². The van der Waals surface area contributed by atoms with E-state index >= 15 is 0 Å². The zero-order valence-corrected chi connectivity index (χ0v) is 8.26. The van der Waals surface area contributed by atoms with Gasteiger partial charge in [0.25, 0.3) is 0 Å². The number of nitrogens with zero attached hydrogens (tertiary/aromatic N) is 1. The molecule has 0 N–H and O–H groups in total. The lowest BCUT2D eigenvalue weighted by atomic mass is 10.4. The molecule has 0 amide bonds. The molecule has 2 nitrogen and oxygen atoms in total. The molecule has 0 aromatic carbocycles. The molecule has 2 heteroatoms. The monoisotopic (exact) mass is 159 g/mol. The van der Waals surface area contributed by atoms with E-state index in [0.29, 0.717) is 6.10 Å². The van der Waals surface area contributed by atoms with Crippen LogP contribution in [0.5, 0.6) is 0 Å². The molecule has 0 saturated carbocycles. The minimum atomic E-state index is 0.366. The Morgan fingerprint density at radius 3 is 2.09 bits per heavy atom. The summed E-state index contributed by atoms with van der Waals surface area (Å²) < 4.78 is 5.43. The maximum absolute atomic E-state index is 5.43. The van der Waals surface area contributed by atoms with Crippen LogP contribution in [0.3, 0.4) is 0 Å². The Labute approximate surface area is 70.5 Å². The van der Waals surface area contributed by atoms with E-state index in [9.17, 15) is 0 Å². The minimum absolute atomic E-state index is 0.366. The van der Waals surface area contributed by atoms with Crippen molar-refractivity contribution in [2.45, 2.75) is 33.8 Å². The average molecular weight is 159 g/mol. The third kappa shape index (κ3) is 6.32. The summed E-state index contributed by atoms with van der Waals surface area (Å²) in [5, 5.41) is 0. The molecule has 0 aromatic heterocycles. The lowest BCUT2D eigenvalue weighted by molar-refractivity contribution is 0.0610. The van der Waals surface area contributed by atoms with Gasteiger partial charge in [-0.15, -0.1) is 0 Å². The Bertz CT molecular complexity index is 79.6. The molecule has 0 saturated heterocycles. The van der Waals surface area contributed by atoms with Crippen LogP contribution in [0, 0.1) is 0 Å². The highest BCUT2D eigenvalue weighted by atomic mass is 16.5. The fourth-order valence-electron chi connectivity index (χ4n) is 0.957. The molecular weight excluding hydrogens is 138 g/mol.